The van der Waals surface area contributed by atoms with Gasteiger partial charge in [-0.2, -0.15) is 0 Å². The lowest BCUT2D eigenvalue weighted by atomic mass is 9.88. The molecule has 0 aromatic heterocycles. The van der Waals surface area contributed by atoms with Crippen LogP contribution in [-0.2, 0) is 4.79 Å². The Morgan fingerprint density at radius 2 is 2.00 bits per heavy atom. The highest BCUT2D eigenvalue weighted by atomic mass is 16.2. The largest absolute Gasteiger partial charge is 0.339 e. The highest BCUT2D eigenvalue weighted by Crippen LogP contribution is 2.27. The molecule has 3 aliphatic rings. The standard InChI is InChI=1S/C16H29N3O/c1-2-15-5-3-4-7-19(15)16(20)12-18-8-6-13-9-17-10-14(13)11-18/h13-15,17H,2-12H2,1H3. The Kier molecular flexibility index (Phi) is 4.61. The van der Waals surface area contributed by atoms with Crippen molar-refractivity contribution in [2.45, 2.75) is 45.1 Å². The molecule has 0 radical (unpaired) electrons. The predicted octanol–water partition coefficient (Wildman–Crippen LogP) is 1.32. The van der Waals surface area contributed by atoms with Gasteiger partial charge in [0.15, 0.2) is 0 Å². The third kappa shape index (κ3) is 3.01. The van der Waals surface area contributed by atoms with Crippen LogP contribution in [0.1, 0.15) is 39.0 Å². The maximum Gasteiger partial charge on any atom is 0.236 e. The van der Waals surface area contributed by atoms with E-state index in [1.165, 1.54) is 32.2 Å². The number of hydrogen-bond donors (Lipinski definition) is 1. The third-order valence-corrected chi connectivity index (χ3v) is 5.57. The second-order valence-electron chi connectivity index (χ2n) is 6.85. The van der Waals surface area contributed by atoms with E-state index in [1.54, 1.807) is 0 Å². The first-order valence-corrected chi connectivity index (χ1v) is 8.50. The molecule has 114 valence electrons. The van der Waals surface area contributed by atoms with Crippen LogP contribution in [0.2, 0.25) is 0 Å². The fourth-order valence-corrected chi connectivity index (χ4v) is 4.29. The van der Waals surface area contributed by atoms with Crippen LogP contribution in [0.15, 0.2) is 0 Å². The van der Waals surface area contributed by atoms with Gasteiger partial charge in [-0.1, -0.05) is 6.92 Å². The average Bonchev–Trinajstić information content (AvgIpc) is 2.94. The molecule has 4 nitrogen and oxygen atoms in total. The molecular formula is C16H29N3O. The van der Waals surface area contributed by atoms with Gasteiger partial charge in [0, 0.05) is 19.1 Å². The molecule has 0 aromatic rings. The third-order valence-electron chi connectivity index (χ3n) is 5.57. The van der Waals surface area contributed by atoms with E-state index < -0.39 is 0 Å². The van der Waals surface area contributed by atoms with Crippen LogP contribution in [0.25, 0.3) is 0 Å². The molecule has 3 atom stereocenters. The average molecular weight is 279 g/mol. The number of nitrogens with one attached hydrogen (secondary N) is 1. The number of piperidine rings is 2. The van der Waals surface area contributed by atoms with Crippen molar-refractivity contribution >= 4 is 5.91 Å². The van der Waals surface area contributed by atoms with E-state index in [2.05, 4.69) is 22.0 Å². The second kappa shape index (κ2) is 6.44. The van der Waals surface area contributed by atoms with Crippen LogP contribution in [-0.4, -0.2) is 61.0 Å². The van der Waals surface area contributed by atoms with Crippen molar-refractivity contribution in [3.8, 4) is 0 Å². The first kappa shape index (κ1) is 14.3. The van der Waals surface area contributed by atoms with Crippen LogP contribution in [0.5, 0.6) is 0 Å². The van der Waals surface area contributed by atoms with E-state index in [0.29, 0.717) is 18.5 Å². The van der Waals surface area contributed by atoms with E-state index in [9.17, 15) is 4.79 Å². The number of amides is 1. The number of nitrogens with zero attached hydrogens (tertiary/aromatic N) is 2. The van der Waals surface area contributed by atoms with Crippen LogP contribution in [0.3, 0.4) is 0 Å². The summed E-state index contributed by atoms with van der Waals surface area (Å²) < 4.78 is 0. The lowest BCUT2D eigenvalue weighted by molar-refractivity contribution is -0.136. The quantitative estimate of drug-likeness (QED) is 0.846. The SMILES string of the molecule is CCC1CCCCN1C(=O)CN1CCC2CNCC2C1. The second-order valence-corrected chi connectivity index (χ2v) is 6.85. The first-order chi connectivity index (χ1) is 9.78. The number of hydrogen-bond acceptors (Lipinski definition) is 3. The molecule has 1 N–H and O–H groups in total. The summed E-state index contributed by atoms with van der Waals surface area (Å²) >= 11 is 0. The molecule has 3 rings (SSSR count). The van der Waals surface area contributed by atoms with Crippen molar-refractivity contribution in [3.05, 3.63) is 0 Å². The molecule has 4 heteroatoms. The van der Waals surface area contributed by atoms with E-state index in [0.717, 1.165) is 44.4 Å². The minimum atomic E-state index is 0.376. The Morgan fingerprint density at radius 3 is 2.85 bits per heavy atom. The van der Waals surface area contributed by atoms with Gasteiger partial charge in [0.2, 0.25) is 5.91 Å². The molecule has 3 heterocycles. The highest BCUT2D eigenvalue weighted by molar-refractivity contribution is 5.78. The summed E-state index contributed by atoms with van der Waals surface area (Å²) in [5.41, 5.74) is 0. The van der Waals surface area contributed by atoms with Gasteiger partial charge < -0.3 is 10.2 Å². The van der Waals surface area contributed by atoms with Crippen molar-refractivity contribution in [1.82, 2.24) is 15.1 Å². The fraction of sp³-hybridized carbons (Fsp3) is 0.938. The van der Waals surface area contributed by atoms with Crippen LogP contribution < -0.4 is 5.32 Å². The Hall–Kier alpha value is -0.610. The van der Waals surface area contributed by atoms with E-state index in [-0.39, 0.29) is 0 Å². The number of carbonyl (C=O) groups excluding carboxylic acids is 1. The molecule has 0 aromatic carbocycles. The Bertz CT molecular complexity index is 347. The Balaban J connectivity index is 1.53. The molecule has 0 bridgehead atoms. The number of likely N-dealkylation sites (tertiary alicyclic amines) is 2. The maximum atomic E-state index is 12.6. The van der Waals surface area contributed by atoms with Gasteiger partial charge in [-0.3, -0.25) is 9.69 Å². The van der Waals surface area contributed by atoms with Crippen molar-refractivity contribution in [2.24, 2.45) is 11.8 Å². The van der Waals surface area contributed by atoms with Crippen molar-refractivity contribution < 1.29 is 4.79 Å². The minimum absolute atomic E-state index is 0.376. The molecule has 3 saturated heterocycles. The summed E-state index contributed by atoms with van der Waals surface area (Å²) in [4.78, 5) is 17.2. The van der Waals surface area contributed by atoms with Crippen molar-refractivity contribution in [1.29, 1.82) is 0 Å². The molecule has 3 unspecified atom stereocenters. The smallest absolute Gasteiger partial charge is 0.236 e. The molecule has 0 aliphatic carbocycles. The van der Waals surface area contributed by atoms with Gasteiger partial charge in [0.1, 0.15) is 0 Å². The molecule has 20 heavy (non-hydrogen) atoms. The zero-order chi connectivity index (χ0) is 13.9. The molecule has 0 spiro atoms. The summed E-state index contributed by atoms with van der Waals surface area (Å²) in [5, 5.41) is 3.50. The van der Waals surface area contributed by atoms with E-state index >= 15 is 0 Å². The summed E-state index contributed by atoms with van der Waals surface area (Å²) in [7, 11) is 0. The van der Waals surface area contributed by atoms with Gasteiger partial charge >= 0.3 is 0 Å². The van der Waals surface area contributed by atoms with Gasteiger partial charge in [-0.25, -0.2) is 0 Å². The van der Waals surface area contributed by atoms with Gasteiger partial charge in [-0.05, 0) is 63.6 Å². The fourth-order valence-electron chi connectivity index (χ4n) is 4.29. The Morgan fingerprint density at radius 1 is 1.15 bits per heavy atom. The molecular weight excluding hydrogens is 250 g/mol. The summed E-state index contributed by atoms with van der Waals surface area (Å²) in [5.74, 6) is 2.01. The van der Waals surface area contributed by atoms with Crippen molar-refractivity contribution in [2.75, 3.05) is 39.3 Å². The Labute approximate surface area is 122 Å². The predicted molar refractivity (Wildman–Crippen MR) is 80.5 cm³/mol. The molecule has 0 saturated carbocycles. The number of fused-ring (bicyclic) bond motifs is 1. The minimum Gasteiger partial charge on any atom is -0.339 e. The lowest BCUT2D eigenvalue weighted by Crippen LogP contribution is -2.50. The van der Waals surface area contributed by atoms with Crippen molar-refractivity contribution in [3.63, 3.8) is 0 Å². The maximum absolute atomic E-state index is 12.6. The zero-order valence-corrected chi connectivity index (χ0v) is 12.8. The van der Waals surface area contributed by atoms with Gasteiger partial charge in [0.25, 0.3) is 0 Å². The lowest BCUT2D eigenvalue weighted by Gasteiger charge is -2.39. The highest BCUT2D eigenvalue weighted by Gasteiger charge is 2.34. The van der Waals surface area contributed by atoms with Crippen LogP contribution in [0, 0.1) is 11.8 Å². The van der Waals surface area contributed by atoms with E-state index in [4.69, 9.17) is 0 Å². The number of rotatable bonds is 3. The number of carbonyl (C=O) groups is 1. The normalized spacial score (nSPS) is 35.0. The first-order valence-electron chi connectivity index (χ1n) is 8.50. The van der Waals surface area contributed by atoms with E-state index in [1.807, 2.05) is 0 Å². The topological polar surface area (TPSA) is 35.6 Å². The van der Waals surface area contributed by atoms with Gasteiger partial charge in [-0.15, -0.1) is 0 Å². The van der Waals surface area contributed by atoms with Gasteiger partial charge in [0.05, 0.1) is 6.54 Å². The molecule has 1 amide bonds. The molecule has 3 aliphatic heterocycles. The molecule has 3 fully saturated rings. The summed E-state index contributed by atoms with van der Waals surface area (Å²) in [6, 6.07) is 0.502. The van der Waals surface area contributed by atoms with Crippen LogP contribution >= 0.6 is 0 Å². The summed E-state index contributed by atoms with van der Waals surface area (Å²) in [6.07, 6.45) is 6.07. The summed E-state index contributed by atoms with van der Waals surface area (Å²) in [6.45, 7) is 8.42. The zero-order valence-electron chi connectivity index (χ0n) is 12.8. The monoisotopic (exact) mass is 279 g/mol. The van der Waals surface area contributed by atoms with Crippen LogP contribution in [0.4, 0.5) is 0 Å².